The van der Waals surface area contributed by atoms with Gasteiger partial charge in [0, 0.05) is 6.20 Å². The number of amidine groups is 1. The van der Waals surface area contributed by atoms with E-state index in [9.17, 15) is 0 Å². The molecular formula is C10H14N5+. The van der Waals surface area contributed by atoms with Crippen LogP contribution in [-0.4, -0.2) is 28.9 Å². The van der Waals surface area contributed by atoms with E-state index in [1.807, 2.05) is 0 Å². The maximum absolute atomic E-state index is 5.88. The molecular weight excluding hydrogens is 190 g/mol. The summed E-state index contributed by atoms with van der Waals surface area (Å²) in [6.07, 6.45) is 7.05. The summed E-state index contributed by atoms with van der Waals surface area (Å²) in [7, 11) is 0. The van der Waals surface area contributed by atoms with Crippen molar-refractivity contribution < 1.29 is 0 Å². The Balaban J connectivity index is 2.13. The van der Waals surface area contributed by atoms with E-state index in [1.54, 1.807) is 12.4 Å². The van der Waals surface area contributed by atoms with Gasteiger partial charge in [-0.25, -0.2) is 4.98 Å². The zero-order valence-corrected chi connectivity index (χ0v) is 8.56. The van der Waals surface area contributed by atoms with Crippen LogP contribution in [0.25, 0.3) is 0 Å². The van der Waals surface area contributed by atoms with Crippen molar-refractivity contribution in [3.8, 4) is 0 Å². The maximum atomic E-state index is 5.88. The largest absolute Gasteiger partial charge is 0.377 e. The Bertz CT molecular complexity index is 420. The third-order valence-corrected chi connectivity index (χ3v) is 3.17. The number of fused-ring (bicyclic) bond motifs is 2. The van der Waals surface area contributed by atoms with Gasteiger partial charge in [-0.1, -0.05) is 5.10 Å². The molecule has 0 bridgehead atoms. The molecule has 1 saturated heterocycles. The molecule has 0 aliphatic carbocycles. The molecule has 1 spiro atoms. The average molecular weight is 204 g/mol. The van der Waals surface area contributed by atoms with Crippen molar-refractivity contribution in [3.05, 3.63) is 18.1 Å². The topological polar surface area (TPSA) is 64.2 Å². The quantitative estimate of drug-likeness (QED) is 0.629. The average Bonchev–Trinajstić information content (AvgIpc) is 2.55. The van der Waals surface area contributed by atoms with E-state index in [2.05, 4.69) is 15.1 Å². The molecule has 3 heterocycles. The molecule has 1 aromatic heterocycles. The first-order valence-corrected chi connectivity index (χ1v) is 5.37. The fourth-order valence-electron chi connectivity index (χ4n) is 2.46. The molecule has 0 unspecified atom stereocenters. The van der Waals surface area contributed by atoms with Crippen molar-refractivity contribution in [2.75, 3.05) is 13.1 Å². The molecule has 1 aromatic rings. The predicted octanol–water partition coefficient (Wildman–Crippen LogP) is 0.602. The SMILES string of the molecule is NC1=N[N+]2(CCCCC2)c2nccnc21. The number of rotatable bonds is 0. The molecule has 78 valence electrons. The van der Waals surface area contributed by atoms with Gasteiger partial charge in [0.25, 0.3) is 5.82 Å². The lowest BCUT2D eigenvalue weighted by Crippen LogP contribution is -2.47. The van der Waals surface area contributed by atoms with Gasteiger partial charge in [0.05, 0.1) is 6.20 Å². The Hall–Kier alpha value is -1.49. The molecule has 5 heteroatoms. The maximum Gasteiger partial charge on any atom is 0.284 e. The molecule has 15 heavy (non-hydrogen) atoms. The van der Waals surface area contributed by atoms with Crippen molar-refractivity contribution >= 4 is 11.7 Å². The van der Waals surface area contributed by atoms with Crippen LogP contribution in [0.2, 0.25) is 0 Å². The number of hydrogen-bond donors (Lipinski definition) is 1. The summed E-state index contributed by atoms with van der Waals surface area (Å²) in [5.74, 6) is 1.48. The molecule has 2 aliphatic rings. The third kappa shape index (κ3) is 1.16. The normalized spacial score (nSPS) is 22.5. The lowest BCUT2D eigenvalue weighted by Gasteiger charge is -2.30. The van der Waals surface area contributed by atoms with E-state index in [-0.39, 0.29) is 0 Å². The molecule has 2 N–H and O–H groups in total. The number of aromatic nitrogens is 2. The van der Waals surface area contributed by atoms with Crippen LogP contribution in [0.3, 0.4) is 0 Å². The fraction of sp³-hybridized carbons (Fsp3) is 0.500. The Kier molecular flexibility index (Phi) is 1.76. The monoisotopic (exact) mass is 204 g/mol. The Morgan fingerprint density at radius 1 is 1.07 bits per heavy atom. The summed E-state index contributed by atoms with van der Waals surface area (Å²) >= 11 is 0. The van der Waals surface area contributed by atoms with E-state index in [0.717, 1.165) is 24.6 Å². The molecule has 0 amide bonds. The van der Waals surface area contributed by atoms with Gasteiger partial charge in [0.15, 0.2) is 5.69 Å². The van der Waals surface area contributed by atoms with Crippen LogP contribution in [0.4, 0.5) is 5.82 Å². The summed E-state index contributed by atoms with van der Waals surface area (Å²) in [6, 6.07) is 0. The number of hydrogen-bond acceptors (Lipinski definition) is 4. The summed E-state index contributed by atoms with van der Waals surface area (Å²) in [5, 5.41) is 4.55. The van der Waals surface area contributed by atoms with Crippen LogP contribution < -0.4 is 10.3 Å². The van der Waals surface area contributed by atoms with Gasteiger partial charge < -0.3 is 5.73 Å². The zero-order chi connectivity index (χ0) is 10.3. The van der Waals surface area contributed by atoms with E-state index >= 15 is 0 Å². The highest BCUT2D eigenvalue weighted by Crippen LogP contribution is 2.33. The minimum atomic E-state index is 0.542. The summed E-state index contributed by atoms with van der Waals surface area (Å²) in [4.78, 5) is 8.66. The van der Waals surface area contributed by atoms with Crippen LogP contribution in [0.1, 0.15) is 25.0 Å². The van der Waals surface area contributed by atoms with Crippen molar-refractivity contribution in [2.24, 2.45) is 10.8 Å². The molecule has 3 rings (SSSR count). The third-order valence-electron chi connectivity index (χ3n) is 3.17. The van der Waals surface area contributed by atoms with Gasteiger partial charge in [0.2, 0.25) is 5.84 Å². The molecule has 0 radical (unpaired) electrons. The number of quaternary nitrogens is 1. The Labute approximate surface area is 88.2 Å². The molecule has 0 saturated carbocycles. The highest BCUT2D eigenvalue weighted by atomic mass is 15.7. The predicted molar refractivity (Wildman–Crippen MR) is 58.1 cm³/mol. The number of piperidine rings is 1. The molecule has 5 nitrogen and oxygen atoms in total. The van der Waals surface area contributed by atoms with E-state index in [1.165, 1.54) is 19.3 Å². The molecule has 1 fully saturated rings. The highest BCUT2D eigenvalue weighted by molar-refractivity contribution is 6.02. The van der Waals surface area contributed by atoms with Crippen LogP contribution in [0.15, 0.2) is 17.5 Å². The second kappa shape index (κ2) is 3.00. The van der Waals surface area contributed by atoms with Crippen molar-refractivity contribution in [2.45, 2.75) is 19.3 Å². The van der Waals surface area contributed by atoms with Crippen LogP contribution in [-0.2, 0) is 0 Å². The van der Waals surface area contributed by atoms with Crippen LogP contribution >= 0.6 is 0 Å². The van der Waals surface area contributed by atoms with E-state index < -0.39 is 0 Å². The summed E-state index contributed by atoms with van der Waals surface area (Å²) in [5.41, 5.74) is 6.66. The van der Waals surface area contributed by atoms with Gasteiger partial charge in [0.1, 0.15) is 13.1 Å². The molecule has 0 atom stereocenters. The minimum absolute atomic E-state index is 0.542. The Morgan fingerprint density at radius 2 is 1.80 bits per heavy atom. The number of nitrogens with two attached hydrogens (primary N) is 1. The van der Waals surface area contributed by atoms with Crippen molar-refractivity contribution in [1.82, 2.24) is 14.6 Å². The van der Waals surface area contributed by atoms with Gasteiger partial charge in [-0.2, -0.15) is 4.98 Å². The molecule has 2 aliphatic heterocycles. The standard InChI is InChI=1S/C10H14N5/c11-9-8-10(13-5-4-12-8)15(14-9)6-2-1-3-7-15/h4-5H,1-3,6-7H2,(H2,11,14)/q+1. The molecule has 0 aromatic carbocycles. The zero-order valence-electron chi connectivity index (χ0n) is 8.56. The highest BCUT2D eigenvalue weighted by Gasteiger charge is 2.43. The lowest BCUT2D eigenvalue weighted by molar-refractivity contribution is 0.238. The van der Waals surface area contributed by atoms with Gasteiger partial charge >= 0.3 is 0 Å². The number of nitrogens with zero attached hydrogens (tertiary/aromatic N) is 4. The van der Waals surface area contributed by atoms with Crippen molar-refractivity contribution in [3.63, 3.8) is 0 Å². The van der Waals surface area contributed by atoms with Crippen molar-refractivity contribution in [1.29, 1.82) is 0 Å². The lowest BCUT2D eigenvalue weighted by atomic mass is 10.1. The van der Waals surface area contributed by atoms with Crippen LogP contribution in [0, 0.1) is 0 Å². The van der Waals surface area contributed by atoms with Gasteiger partial charge in [-0.15, -0.1) is 4.59 Å². The second-order valence-electron chi connectivity index (χ2n) is 4.14. The van der Waals surface area contributed by atoms with E-state index in [0.29, 0.717) is 10.4 Å². The van der Waals surface area contributed by atoms with Crippen LogP contribution in [0.5, 0.6) is 0 Å². The first-order chi connectivity index (χ1) is 7.32. The smallest absolute Gasteiger partial charge is 0.284 e. The summed E-state index contributed by atoms with van der Waals surface area (Å²) < 4.78 is 0.578. The van der Waals surface area contributed by atoms with Gasteiger partial charge in [-0.3, -0.25) is 0 Å². The van der Waals surface area contributed by atoms with Gasteiger partial charge in [-0.05, 0) is 19.3 Å². The van der Waals surface area contributed by atoms with E-state index in [4.69, 9.17) is 5.73 Å². The Morgan fingerprint density at radius 3 is 2.60 bits per heavy atom. The second-order valence-corrected chi connectivity index (χ2v) is 4.14. The fourth-order valence-corrected chi connectivity index (χ4v) is 2.46. The summed E-state index contributed by atoms with van der Waals surface area (Å²) in [6.45, 7) is 2.01. The minimum Gasteiger partial charge on any atom is -0.377 e. The first kappa shape index (κ1) is 8.79. The first-order valence-electron chi connectivity index (χ1n) is 5.37.